The molecule has 162 valence electrons. The summed E-state index contributed by atoms with van der Waals surface area (Å²) >= 11 is 0. The molecule has 0 aromatic rings. The first-order valence-electron chi connectivity index (χ1n) is 12.2. The van der Waals surface area contributed by atoms with Crippen molar-refractivity contribution in [1.29, 1.82) is 0 Å². The van der Waals surface area contributed by atoms with Crippen LogP contribution in [0.5, 0.6) is 0 Å². The summed E-state index contributed by atoms with van der Waals surface area (Å²) in [7, 11) is 0. The maximum atomic E-state index is 5.46. The minimum Gasteiger partial charge on any atom is -0.242 e. The zero-order valence-corrected chi connectivity index (χ0v) is 19.5. The van der Waals surface area contributed by atoms with Crippen molar-refractivity contribution in [2.75, 3.05) is 0 Å². The van der Waals surface area contributed by atoms with Crippen molar-refractivity contribution in [1.82, 2.24) is 15.0 Å². The van der Waals surface area contributed by atoms with Gasteiger partial charge >= 0.3 is 0 Å². The lowest BCUT2D eigenvalue weighted by Crippen LogP contribution is -2.85. The van der Waals surface area contributed by atoms with E-state index in [9.17, 15) is 0 Å². The number of hydrazone groups is 3. The zero-order valence-electron chi connectivity index (χ0n) is 19.5. The molecule has 4 heterocycles. The van der Waals surface area contributed by atoms with Crippen molar-refractivity contribution >= 4 is 17.1 Å². The van der Waals surface area contributed by atoms with Gasteiger partial charge in [-0.3, -0.25) is 0 Å². The van der Waals surface area contributed by atoms with Gasteiger partial charge in [-0.2, -0.15) is 15.3 Å². The number of hydrogen-bond donors (Lipinski definition) is 0. The third kappa shape index (κ3) is 1.28. The van der Waals surface area contributed by atoms with Crippen LogP contribution in [0.15, 0.2) is 15.3 Å². The summed E-state index contributed by atoms with van der Waals surface area (Å²) < 4.78 is 0. The van der Waals surface area contributed by atoms with Gasteiger partial charge in [-0.25, -0.2) is 15.0 Å². The van der Waals surface area contributed by atoms with E-state index in [1.54, 1.807) is 0 Å². The lowest BCUT2D eigenvalue weighted by Gasteiger charge is -2.70. The summed E-state index contributed by atoms with van der Waals surface area (Å²) in [6.07, 6.45) is 10.9. The standard InChI is InChI=1S/C24H36N6/c1-16-19(4)10-7-13-22(19)28(25-16)23-14-8-11-20(23,5)17(2)27-30(23)24-15-9-12-21(24,6)18(3)26-29(22)24/h7-15H2,1-6H3/t19-,20-,21+,22?,23?,24?/m1/s1. The second-order valence-corrected chi connectivity index (χ2v) is 12.0. The van der Waals surface area contributed by atoms with Gasteiger partial charge in [0.15, 0.2) is 17.0 Å². The fourth-order valence-electron chi connectivity index (χ4n) is 9.41. The summed E-state index contributed by atoms with van der Waals surface area (Å²) in [4.78, 5) is 0. The van der Waals surface area contributed by atoms with Gasteiger partial charge in [0.05, 0.1) is 16.2 Å². The van der Waals surface area contributed by atoms with E-state index in [-0.39, 0.29) is 33.2 Å². The maximum Gasteiger partial charge on any atom is 0.161 e. The van der Waals surface area contributed by atoms with E-state index < -0.39 is 0 Å². The van der Waals surface area contributed by atoms with E-state index in [1.807, 2.05) is 0 Å². The highest BCUT2D eigenvalue weighted by Gasteiger charge is 2.86. The predicted molar refractivity (Wildman–Crippen MR) is 119 cm³/mol. The smallest absolute Gasteiger partial charge is 0.161 e. The molecule has 4 aliphatic heterocycles. The van der Waals surface area contributed by atoms with Gasteiger partial charge in [-0.1, -0.05) is 20.8 Å². The van der Waals surface area contributed by atoms with Gasteiger partial charge in [-0.05, 0) is 78.6 Å². The summed E-state index contributed by atoms with van der Waals surface area (Å²) in [5, 5.41) is 24.2. The van der Waals surface area contributed by atoms with Gasteiger partial charge in [0.25, 0.3) is 0 Å². The first-order valence-corrected chi connectivity index (χ1v) is 12.2. The normalized spacial score (nSPS) is 55.0. The van der Waals surface area contributed by atoms with Crippen LogP contribution < -0.4 is 0 Å². The first kappa shape index (κ1) is 18.0. The Balaban J connectivity index is 1.61. The van der Waals surface area contributed by atoms with E-state index in [0.717, 1.165) is 19.3 Å². The van der Waals surface area contributed by atoms with Crippen molar-refractivity contribution in [2.24, 2.45) is 31.5 Å². The molecule has 0 bridgehead atoms. The van der Waals surface area contributed by atoms with E-state index in [2.05, 4.69) is 56.6 Å². The summed E-state index contributed by atoms with van der Waals surface area (Å²) in [5.74, 6) is 0. The minimum absolute atomic E-state index is 0.0540. The Hall–Kier alpha value is -1.59. The molecule has 4 fully saturated rings. The van der Waals surface area contributed by atoms with Crippen molar-refractivity contribution in [2.45, 2.75) is 116 Å². The molecule has 6 heteroatoms. The molecule has 3 spiro atoms. The lowest BCUT2D eigenvalue weighted by molar-refractivity contribution is -0.334. The third-order valence-corrected chi connectivity index (χ3v) is 11.5. The largest absolute Gasteiger partial charge is 0.242 e. The Bertz CT molecular complexity index is 843. The van der Waals surface area contributed by atoms with Crippen molar-refractivity contribution < 1.29 is 0 Å². The molecule has 7 aliphatic rings. The Morgan fingerprint density at radius 3 is 1.03 bits per heavy atom. The van der Waals surface area contributed by atoms with E-state index in [1.165, 1.54) is 55.7 Å². The highest BCUT2D eigenvalue weighted by atomic mass is 15.9. The molecule has 0 aromatic heterocycles. The zero-order chi connectivity index (χ0) is 20.9. The maximum absolute atomic E-state index is 5.46. The van der Waals surface area contributed by atoms with Crippen LogP contribution in [-0.4, -0.2) is 49.2 Å². The van der Waals surface area contributed by atoms with Crippen LogP contribution in [0.4, 0.5) is 0 Å². The Labute approximate surface area is 180 Å². The second-order valence-electron chi connectivity index (χ2n) is 12.0. The number of rotatable bonds is 0. The van der Waals surface area contributed by atoms with E-state index in [4.69, 9.17) is 15.3 Å². The van der Waals surface area contributed by atoms with Crippen LogP contribution in [0.25, 0.3) is 0 Å². The Morgan fingerprint density at radius 2 is 0.767 bits per heavy atom. The topological polar surface area (TPSA) is 46.8 Å². The highest BCUT2D eigenvalue weighted by molar-refractivity contribution is 5.95. The Kier molecular flexibility index (Phi) is 2.77. The molecule has 0 aromatic carbocycles. The van der Waals surface area contributed by atoms with Crippen molar-refractivity contribution in [3.8, 4) is 0 Å². The van der Waals surface area contributed by atoms with Crippen molar-refractivity contribution in [3.05, 3.63) is 0 Å². The van der Waals surface area contributed by atoms with Crippen LogP contribution in [0.3, 0.4) is 0 Å². The average molecular weight is 409 g/mol. The molecule has 7 rings (SSSR count). The summed E-state index contributed by atoms with van der Waals surface area (Å²) in [6.45, 7) is 14.3. The fourth-order valence-corrected chi connectivity index (χ4v) is 9.41. The van der Waals surface area contributed by atoms with Crippen LogP contribution in [-0.2, 0) is 0 Å². The average Bonchev–Trinajstić information content (AvgIpc) is 3.45. The molecule has 30 heavy (non-hydrogen) atoms. The van der Waals surface area contributed by atoms with Crippen LogP contribution in [0.1, 0.15) is 99.3 Å². The van der Waals surface area contributed by atoms with Crippen LogP contribution in [0, 0.1) is 16.2 Å². The quantitative estimate of drug-likeness (QED) is 0.582. The molecule has 3 aliphatic carbocycles. The molecular weight excluding hydrogens is 372 g/mol. The van der Waals surface area contributed by atoms with Crippen LogP contribution >= 0.6 is 0 Å². The van der Waals surface area contributed by atoms with Gasteiger partial charge < -0.3 is 0 Å². The molecule has 6 atom stereocenters. The van der Waals surface area contributed by atoms with Crippen LogP contribution in [0.2, 0.25) is 0 Å². The molecule has 0 radical (unpaired) electrons. The van der Waals surface area contributed by atoms with Gasteiger partial charge in [0.1, 0.15) is 0 Å². The third-order valence-electron chi connectivity index (χ3n) is 11.5. The molecular formula is C24H36N6. The van der Waals surface area contributed by atoms with Gasteiger partial charge in [0.2, 0.25) is 0 Å². The van der Waals surface area contributed by atoms with Gasteiger partial charge in [0, 0.05) is 17.1 Å². The number of nitrogens with zero attached hydrogens (tertiary/aromatic N) is 6. The van der Waals surface area contributed by atoms with E-state index >= 15 is 0 Å². The predicted octanol–water partition coefficient (Wildman–Crippen LogP) is 4.73. The SMILES string of the molecule is CC1=NN2C3(CCC[C@@]13C)N1N=C(C)[C@@]3(C)CCCC13N1N=C(C)[C@@]3(C)CCCC213. The minimum atomic E-state index is -0.150. The van der Waals surface area contributed by atoms with Gasteiger partial charge in [-0.15, -0.1) is 0 Å². The number of hydrogen-bond acceptors (Lipinski definition) is 6. The molecule has 6 nitrogen and oxygen atoms in total. The molecule has 3 unspecified atom stereocenters. The van der Waals surface area contributed by atoms with Crippen molar-refractivity contribution in [3.63, 3.8) is 0 Å². The van der Waals surface area contributed by atoms with E-state index in [0.29, 0.717) is 0 Å². The molecule has 1 saturated heterocycles. The summed E-state index contributed by atoms with van der Waals surface area (Å²) in [5.41, 5.74) is 3.64. The molecule has 3 saturated carbocycles. The molecule has 0 N–H and O–H groups in total. The first-order chi connectivity index (χ1) is 14.2. The fraction of sp³-hybridized carbons (Fsp3) is 0.875. The molecule has 0 amide bonds. The summed E-state index contributed by atoms with van der Waals surface area (Å²) in [6, 6.07) is 0. The highest BCUT2D eigenvalue weighted by Crippen LogP contribution is 2.75. The monoisotopic (exact) mass is 408 g/mol. The lowest BCUT2D eigenvalue weighted by atomic mass is 9.66. The second kappa shape index (κ2) is 4.61. The Morgan fingerprint density at radius 1 is 0.500 bits per heavy atom.